The van der Waals surface area contributed by atoms with Gasteiger partial charge in [-0.25, -0.2) is 4.98 Å². The average Bonchev–Trinajstić information content (AvgIpc) is 3.56. The quantitative estimate of drug-likeness (QED) is 0.253. The zero-order valence-electron chi connectivity index (χ0n) is 27.0. The number of rotatable bonds is 9. The Kier molecular flexibility index (Phi) is 8.16. The van der Waals surface area contributed by atoms with E-state index in [4.69, 9.17) is 14.8 Å². The summed E-state index contributed by atoms with van der Waals surface area (Å²) in [7, 11) is 1.75. The molecule has 0 radical (unpaired) electrons. The van der Waals surface area contributed by atoms with Gasteiger partial charge in [-0.3, -0.25) is 14.4 Å². The normalized spacial score (nSPS) is 24.2. The molecular formula is C37H50N4O2. The second kappa shape index (κ2) is 11.7. The van der Waals surface area contributed by atoms with Crippen LogP contribution in [0.25, 0.3) is 11.1 Å². The van der Waals surface area contributed by atoms with Gasteiger partial charge in [-0.1, -0.05) is 38.3 Å². The van der Waals surface area contributed by atoms with Gasteiger partial charge in [-0.15, -0.1) is 0 Å². The van der Waals surface area contributed by atoms with Crippen molar-refractivity contribution < 1.29 is 9.53 Å². The molecule has 0 aliphatic heterocycles. The van der Waals surface area contributed by atoms with Crippen LogP contribution in [0, 0.1) is 18.3 Å². The van der Waals surface area contributed by atoms with Crippen LogP contribution in [0.3, 0.4) is 0 Å². The number of aryl methyl sites for hydroxylation is 1. The van der Waals surface area contributed by atoms with Crippen molar-refractivity contribution in [3.63, 3.8) is 0 Å². The molecule has 0 spiro atoms. The van der Waals surface area contributed by atoms with Crippen LogP contribution in [-0.2, 0) is 15.7 Å². The molecule has 7 rings (SSSR count). The van der Waals surface area contributed by atoms with Gasteiger partial charge in [-0.05, 0) is 124 Å². The minimum absolute atomic E-state index is 0.0437. The molecule has 0 atom stereocenters. The number of amides is 1. The molecule has 4 saturated carbocycles. The van der Waals surface area contributed by atoms with Gasteiger partial charge in [0.2, 0.25) is 5.91 Å². The Balaban J connectivity index is 1.27. The van der Waals surface area contributed by atoms with E-state index in [0.717, 1.165) is 80.6 Å². The fraction of sp³-hybridized carbons (Fsp3) is 0.595. The molecule has 4 fully saturated rings. The Morgan fingerprint density at radius 3 is 2.40 bits per heavy atom. The summed E-state index contributed by atoms with van der Waals surface area (Å²) in [6, 6.07) is 11.0. The monoisotopic (exact) mass is 582 g/mol. The Morgan fingerprint density at radius 1 is 1.02 bits per heavy atom. The first-order chi connectivity index (χ1) is 20.7. The molecule has 2 heterocycles. The van der Waals surface area contributed by atoms with Crippen molar-refractivity contribution in [2.24, 2.45) is 11.3 Å². The van der Waals surface area contributed by atoms with Gasteiger partial charge >= 0.3 is 0 Å². The van der Waals surface area contributed by atoms with Crippen LogP contribution in [0.15, 0.2) is 48.9 Å². The zero-order valence-corrected chi connectivity index (χ0v) is 27.0. The lowest BCUT2D eigenvalue weighted by molar-refractivity contribution is -0.124. The van der Waals surface area contributed by atoms with Crippen molar-refractivity contribution in [1.82, 2.24) is 14.8 Å². The van der Waals surface area contributed by atoms with Crippen molar-refractivity contribution in [2.75, 3.05) is 18.6 Å². The number of methoxy groups -OCH3 is 1. The first kappa shape index (κ1) is 29.9. The van der Waals surface area contributed by atoms with Gasteiger partial charge in [0.05, 0.1) is 18.8 Å². The van der Waals surface area contributed by atoms with E-state index >= 15 is 0 Å². The number of aromatic nitrogens is 3. The summed E-state index contributed by atoms with van der Waals surface area (Å²) >= 11 is 0. The number of hydrogen-bond acceptors (Lipinski definition) is 4. The van der Waals surface area contributed by atoms with E-state index in [2.05, 4.69) is 73.8 Å². The third-order valence-corrected chi connectivity index (χ3v) is 11.5. The van der Waals surface area contributed by atoms with Crippen molar-refractivity contribution in [3.05, 3.63) is 60.0 Å². The van der Waals surface area contributed by atoms with E-state index in [9.17, 15) is 4.79 Å². The average molecular weight is 583 g/mol. The van der Waals surface area contributed by atoms with Gasteiger partial charge in [0.15, 0.2) is 0 Å². The Morgan fingerprint density at radius 2 is 1.74 bits per heavy atom. The highest BCUT2D eigenvalue weighted by molar-refractivity contribution is 5.95. The van der Waals surface area contributed by atoms with Gasteiger partial charge < -0.3 is 4.74 Å². The van der Waals surface area contributed by atoms with E-state index in [1.807, 2.05) is 12.4 Å². The molecule has 0 unspecified atom stereocenters. The van der Waals surface area contributed by atoms with E-state index < -0.39 is 0 Å². The van der Waals surface area contributed by atoms with Crippen LogP contribution in [0.4, 0.5) is 5.82 Å². The van der Waals surface area contributed by atoms with Crippen molar-refractivity contribution >= 4 is 11.7 Å². The highest BCUT2D eigenvalue weighted by Gasteiger charge is 2.50. The van der Waals surface area contributed by atoms with Gasteiger partial charge in [0, 0.05) is 30.4 Å². The summed E-state index contributed by atoms with van der Waals surface area (Å²) in [5, 5.41) is 4.70. The summed E-state index contributed by atoms with van der Waals surface area (Å²) < 4.78 is 7.61. The molecule has 43 heavy (non-hydrogen) atoms. The van der Waals surface area contributed by atoms with Crippen LogP contribution in [-0.4, -0.2) is 34.3 Å². The van der Waals surface area contributed by atoms with Crippen LogP contribution in [0.1, 0.15) is 109 Å². The van der Waals surface area contributed by atoms with Crippen molar-refractivity contribution in [1.29, 1.82) is 0 Å². The first-order valence-electron chi connectivity index (χ1n) is 16.7. The van der Waals surface area contributed by atoms with Gasteiger partial charge in [-0.2, -0.15) is 5.10 Å². The molecule has 2 aromatic heterocycles. The number of anilines is 1. The van der Waals surface area contributed by atoms with E-state index in [0.29, 0.717) is 0 Å². The molecule has 0 N–H and O–H groups in total. The number of carbonyl (C=O) groups excluding carboxylic acids is 1. The number of benzene rings is 1. The fourth-order valence-electron chi connectivity index (χ4n) is 8.03. The maximum absolute atomic E-state index is 14.3. The number of ether oxygens (including phenoxy) is 1. The maximum Gasteiger partial charge on any atom is 0.231 e. The minimum atomic E-state index is -0.0437. The molecule has 1 aromatic carbocycles. The molecule has 6 nitrogen and oxygen atoms in total. The number of hydrogen-bond donors (Lipinski definition) is 0. The molecule has 1 amide bonds. The molecule has 6 heteroatoms. The third-order valence-electron chi connectivity index (χ3n) is 11.5. The zero-order chi connectivity index (χ0) is 30.2. The Bertz CT molecular complexity index is 1430. The Hall–Kier alpha value is -3.15. The minimum Gasteiger partial charge on any atom is -0.496 e. The summed E-state index contributed by atoms with van der Waals surface area (Å²) in [4.78, 5) is 21.3. The summed E-state index contributed by atoms with van der Waals surface area (Å²) in [6.07, 6.45) is 19.5. The molecule has 3 aromatic rings. The highest BCUT2D eigenvalue weighted by atomic mass is 16.5. The Labute approximate surface area is 258 Å². The van der Waals surface area contributed by atoms with Crippen LogP contribution in [0.5, 0.6) is 5.75 Å². The van der Waals surface area contributed by atoms with Gasteiger partial charge in [0.25, 0.3) is 0 Å². The van der Waals surface area contributed by atoms with Crippen LogP contribution >= 0.6 is 0 Å². The molecule has 230 valence electrons. The molecular weight excluding hydrogens is 532 g/mol. The number of fused-ring (bicyclic) bond motifs is 3. The lowest BCUT2D eigenvalue weighted by Crippen LogP contribution is -2.51. The summed E-state index contributed by atoms with van der Waals surface area (Å²) in [5.74, 6) is 2.17. The number of carbonyl (C=O) groups is 1. The van der Waals surface area contributed by atoms with E-state index in [-0.39, 0.29) is 28.2 Å². The van der Waals surface area contributed by atoms with Crippen molar-refractivity contribution in [3.8, 4) is 16.9 Å². The second-order valence-electron chi connectivity index (χ2n) is 14.5. The predicted octanol–water partition coefficient (Wildman–Crippen LogP) is 8.61. The molecule has 4 aliphatic rings. The largest absolute Gasteiger partial charge is 0.496 e. The number of nitrogens with zero attached hydrogens (tertiary/aromatic N) is 4. The highest BCUT2D eigenvalue weighted by Crippen LogP contribution is 2.58. The maximum atomic E-state index is 14.3. The van der Waals surface area contributed by atoms with Crippen molar-refractivity contribution in [2.45, 2.75) is 116 Å². The topological polar surface area (TPSA) is 60.2 Å². The SMILES string of the molecule is CCC(C)(C)n1cc(-c2ccnc(N(CC34CCC(c5ccc(OC)c(C)c5)(CC3)CC4)C(=O)C3CCCCC3)c2)cn1. The summed E-state index contributed by atoms with van der Waals surface area (Å²) in [6.45, 7) is 9.55. The second-order valence-corrected chi connectivity index (χ2v) is 14.5. The lowest BCUT2D eigenvalue weighted by atomic mass is 9.51. The lowest BCUT2D eigenvalue weighted by Gasteiger charge is -2.55. The molecule has 2 bridgehead atoms. The molecule has 0 saturated heterocycles. The van der Waals surface area contributed by atoms with E-state index in [1.165, 1.54) is 36.8 Å². The number of pyridine rings is 1. The smallest absolute Gasteiger partial charge is 0.231 e. The van der Waals surface area contributed by atoms with E-state index in [1.54, 1.807) is 7.11 Å². The predicted molar refractivity (Wildman–Crippen MR) is 174 cm³/mol. The fourth-order valence-corrected chi connectivity index (χ4v) is 8.03. The van der Waals surface area contributed by atoms with Crippen LogP contribution < -0.4 is 9.64 Å². The first-order valence-corrected chi connectivity index (χ1v) is 16.7. The third kappa shape index (κ3) is 5.74. The molecule has 4 aliphatic carbocycles. The standard InChI is InChI=1S/C37H50N4O2/c1-6-35(3,4)41-25-30(24-39-41)29-14-21-38-33(23-29)40(34(42)28-10-8-7-9-11-28)26-36-15-18-37(19-16-36,20-17-36)31-12-13-32(43-5)27(2)22-31/h12-14,21-25,28H,6-11,15-20,26H2,1-5H3. The van der Waals surface area contributed by atoms with Crippen LogP contribution in [0.2, 0.25) is 0 Å². The summed E-state index contributed by atoms with van der Waals surface area (Å²) in [5.41, 5.74) is 5.19. The van der Waals surface area contributed by atoms with Gasteiger partial charge in [0.1, 0.15) is 11.6 Å².